The first-order valence-corrected chi connectivity index (χ1v) is 7.19. The zero-order valence-corrected chi connectivity index (χ0v) is 11.9. The third-order valence-corrected chi connectivity index (χ3v) is 5.01. The highest BCUT2D eigenvalue weighted by molar-refractivity contribution is 5.40. The Hall–Kier alpha value is -1.09. The second-order valence-electron chi connectivity index (χ2n) is 6.39. The van der Waals surface area contributed by atoms with Gasteiger partial charge in [-0.3, -0.25) is 0 Å². The molecule has 1 fully saturated rings. The van der Waals surface area contributed by atoms with Crippen molar-refractivity contribution in [3.05, 3.63) is 29.6 Å². The van der Waals surface area contributed by atoms with Crippen LogP contribution in [0.15, 0.2) is 18.2 Å². The molecule has 2 nitrogen and oxygen atoms in total. The second-order valence-corrected chi connectivity index (χ2v) is 6.39. The van der Waals surface area contributed by atoms with E-state index in [4.69, 9.17) is 4.74 Å². The van der Waals surface area contributed by atoms with E-state index in [1.165, 1.54) is 25.0 Å². The molecule has 2 unspecified atom stereocenters. The van der Waals surface area contributed by atoms with Gasteiger partial charge in [0.2, 0.25) is 0 Å². The summed E-state index contributed by atoms with van der Waals surface area (Å²) < 4.78 is 19.7. The van der Waals surface area contributed by atoms with E-state index in [9.17, 15) is 4.39 Å². The Balaban J connectivity index is 2.00. The molecular formula is C16H22FNO. The number of nitrogens with one attached hydrogen (secondary N) is 1. The third-order valence-electron chi connectivity index (χ3n) is 5.01. The molecular weight excluding hydrogens is 241 g/mol. The van der Waals surface area contributed by atoms with Gasteiger partial charge in [-0.25, -0.2) is 4.39 Å². The molecule has 1 saturated carbocycles. The summed E-state index contributed by atoms with van der Waals surface area (Å²) >= 11 is 0. The first-order chi connectivity index (χ1) is 8.97. The average molecular weight is 263 g/mol. The SMILES string of the molecule is CCNC1CC(C)(C2(C)CC2)Oc2cc(F)ccc21. The van der Waals surface area contributed by atoms with Crippen LogP contribution < -0.4 is 10.1 Å². The minimum absolute atomic E-state index is 0.194. The Morgan fingerprint density at radius 3 is 2.74 bits per heavy atom. The van der Waals surface area contributed by atoms with Crippen LogP contribution in [0.1, 0.15) is 51.6 Å². The van der Waals surface area contributed by atoms with Crippen LogP contribution in [0.5, 0.6) is 5.75 Å². The number of halogens is 1. The first kappa shape index (κ1) is 12.9. The van der Waals surface area contributed by atoms with Crippen molar-refractivity contribution in [2.75, 3.05) is 6.54 Å². The lowest BCUT2D eigenvalue weighted by atomic mass is 9.78. The molecule has 1 aliphatic carbocycles. The Morgan fingerprint density at radius 1 is 1.37 bits per heavy atom. The molecule has 2 atom stereocenters. The van der Waals surface area contributed by atoms with E-state index in [-0.39, 0.29) is 22.9 Å². The van der Waals surface area contributed by atoms with E-state index in [1.807, 2.05) is 6.07 Å². The van der Waals surface area contributed by atoms with E-state index >= 15 is 0 Å². The highest BCUT2D eigenvalue weighted by Gasteiger charge is 2.57. The molecule has 1 heterocycles. The lowest BCUT2D eigenvalue weighted by molar-refractivity contribution is -0.0134. The van der Waals surface area contributed by atoms with Crippen LogP contribution >= 0.6 is 0 Å². The van der Waals surface area contributed by atoms with Crippen molar-refractivity contribution in [2.45, 2.75) is 51.7 Å². The van der Waals surface area contributed by atoms with Crippen molar-refractivity contribution in [1.29, 1.82) is 0 Å². The van der Waals surface area contributed by atoms with Crippen molar-refractivity contribution in [2.24, 2.45) is 5.41 Å². The van der Waals surface area contributed by atoms with Crippen LogP contribution in [0.25, 0.3) is 0 Å². The number of benzene rings is 1. The maximum absolute atomic E-state index is 13.5. The molecule has 0 amide bonds. The van der Waals surface area contributed by atoms with Crippen molar-refractivity contribution in [3.63, 3.8) is 0 Å². The Bertz CT molecular complexity index is 498. The molecule has 0 radical (unpaired) electrons. The Morgan fingerprint density at radius 2 is 2.11 bits per heavy atom. The van der Waals surface area contributed by atoms with E-state index in [2.05, 4.69) is 26.1 Å². The number of rotatable bonds is 3. The van der Waals surface area contributed by atoms with Gasteiger partial charge in [-0.1, -0.05) is 19.9 Å². The van der Waals surface area contributed by atoms with Crippen molar-refractivity contribution in [1.82, 2.24) is 5.32 Å². The largest absolute Gasteiger partial charge is 0.486 e. The highest BCUT2D eigenvalue weighted by Crippen LogP contribution is 2.59. The van der Waals surface area contributed by atoms with Crippen LogP contribution in [0, 0.1) is 11.2 Å². The summed E-state index contributed by atoms with van der Waals surface area (Å²) in [5.74, 6) is 0.493. The van der Waals surface area contributed by atoms with E-state index in [1.54, 1.807) is 0 Å². The minimum atomic E-state index is -0.223. The zero-order valence-electron chi connectivity index (χ0n) is 11.9. The van der Waals surface area contributed by atoms with Crippen LogP contribution in [0.3, 0.4) is 0 Å². The topological polar surface area (TPSA) is 21.3 Å². The molecule has 0 spiro atoms. The summed E-state index contributed by atoms with van der Waals surface area (Å²) in [5, 5.41) is 3.51. The third kappa shape index (κ3) is 2.04. The van der Waals surface area contributed by atoms with E-state index < -0.39 is 0 Å². The van der Waals surface area contributed by atoms with Crippen LogP contribution in [-0.4, -0.2) is 12.1 Å². The fourth-order valence-corrected chi connectivity index (χ4v) is 3.18. The van der Waals surface area contributed by atoms with Crippen molar-refractivity contribution >= 4 is 0 Å². The molecule has 1 aromatic rings. The van der Waals surface area contributed by atoms with Gasteiger partial charge in [0, 0.05) is 29.5 Å². The number of hydrogen-bond donors (Lipinski definition) is 1. The maximum atomic E-state index is 13.5. The maximum Gasteiger partial charge on any atom is 0.127 e. The van der Waals surface area contributed by atoms with Crippen LogP contribution in [0.4, 0.5) is 4.39 Å². The summed E-state index contributed by atoms with van der Waals surface area (Å²) in [5.41, 5.74) is 1.13. The minimum Gasteiger partial charge on any atom is -0.486 e. The molecule has 3 heteroatoms. The fourth-order valence-electron chi connectivity index (χ4n) is 3.18. The highest BCUT2D eigenvalue weighted by atomic mass is 19.1. The van der Waals surface area contributed by atoms with Gasteiger partial charge in [0.05, 0.1) is 0 Å². The van der Waals surface area contributed by atoms with Gasteiger partial charge in [-0.05, 0) is 32.4 Å². The summed E-state index contributed by atoms with van der Waals surface area (Å²) in [7, 11) is 0. The quantitative estimate of drug-likeness (QED) is 0.895. The Labute approximate surface area is 114 Å². The van der Waals surface area contributed by atoms with Crippen LogP contribution in [0.2, 0.25) is 0 Å². The molecule has 0 saturated heterocycles. The van der Waals surface area contributed by atoms with Gasteiger partial charge >= 0.3 is 0 Å². The molecule has 19 heavy (non-hydrogen) atoms. The van der Waals surface area contributed by atoms with Gasteiger partial charge in [0.1, 0.15) is 17.2 Å². The summed E-state index contributed by atoms with van der Waals surface area (Å²) in [6.45, 7) is 7.47. The van der Waals surface area contributed by atoms with Crippen molar-refractivity contribution < 1.29 is 9.13 Å². The normalized spacial score (nSPS) is 31.5. The van der Waals surface area contributed by atoms with Crippen LogP contribution in [-0.2, 0) is 0 Å². The van der Waals surface area contributed by atoms with Gasteiger partial charge in [0.15, 0.2) is 0 Å². The monoisotopic (exact) mass is 263 g/mol. The molecule has 1 aromatic carbocycles. The van der Waals surface area contributed by atoms with Gasteiger partial charge < -0.3 is 10.1 Å². The predicted molar refractivity (Wildman–Crippen MR) is 73.8 cm³/mol. The lowest BCUT2D eigenvalue weighted by Crippen LogP contribution is -2.47. The number of ether oxygens (including phenoxy) is 1. The van der Waals surface area contributed by atoms with Gasteiger partial charge in [-0.2, -0.15) is 0 Å². The molecule has 3 rings (SSSR count). The van der Waals surface area contributed by atoms with Gasteiger partial charge in [0.25, 0.3) is 0 Å². The second kappa shape index (κ2) is 4.20. The molecule has 104 valence electrons. The molecule has 0 bridgehead atoms. The van der Waals surface area contributed by atoms with E-state index in [0.717, 1.165) is 18.5 Å². The zero-order chi connectivity index (χ0) is 13.7. The molecule has 0 aromatic heterocycles. The summed E-state index contributed by atoms with van der Waals surface area (Å²) in [6, 6.07) is 5.17. The lowest BCUT2D eigenvalue weighted by Gasteiger charge is -2.44. The molecule has 2 aliphatic rings. The van der Waals surface area contributed by atoms with Gasteiger partial charge in [-0.15, -0.1) is 0 Å². The summed E-state index contributed by atoms with van der Waals surface area (Å²) in [6.07, 6.45) is 3.36. The Kier molecular flexibility index (Phi) is 2.86. The van der Waals surface area contributed by atoms with E-state index in [0.29, 0.717) is 5.75 Å². The average Bonchev–Trinajstić information content (AvgIpc) is 3.09. The smallest absolute Gasteiger partial charge is 0.127 e. The summed E-state index contributed by atoms with van der Waals surface area (Å²) in [4.78, 5) is 0. The predicted octanol–water partition coefficient (Wildman–Crippen LogP) is 3.82. The fraction of sp³-hybridized carbons (Fsp3) is 0.625. The molecule has 1 N–H and O–H groups in total. The standard InChI is InChI=1S/C16H22FNO/c1-4-18-13-10-16(3,15(2)7-8-15)19-14-9-11(17)5-6-12(13)14/h5-6,9,13,18H,4,7-8,10H2,1-3H3. The molecule has 1 aliphatic heterocycles. The number of hydrogen-bond acceptors (Lipinski definition) is 2. The first-order valence-electron chi connectivity index (χ1n) is 7.19. The number of fused-ring (bicyclic) bond motifs is 1. The van der Waals surface area contributed by atoms with Crippen molar-refractivity contribution in [3.8, 4) is 5.75 Å².